The average molecular weight is 205 g/mol. The van der Waals surface area contributed by atoms with E-state index in [2.05, 4.69) is 35.6 Å². The summed E-state index contributed by atoms with van der Waals surface area (Å²) in [5.74, 6) is 1.16. The van der Waals surface area contributed by atoms with Crippen molar-refractivity contribution in [2.24, 2.45) is 0 Å². The van der Waals surface area contributed by atoms with Crippen LogP contribution < -0.4 is 4.90 Å². The lowest BCUT2D eigenvalue weighted by atomic mass is 10.2. The molecule has 2 rings (SSSR count). The Morgan fingerprint density at radius 2 is 2.13 bits per heavy atom. The lowest BCUT2D eigenvalue weighted by Crippen LogP contribution is -2.32. The van der Waals surface area contributed by atoms with Crippen molar-refractivity contribution >= 4 is 5.82 Å². The van der Waals surface area contributed by atoms with Gasteiger partial charge in [-0.25, -0.2) is 9.97 Å². The summed E-state index contributed by atoms with van der Waals surface area (Å²) >= 11 is 0. The molecule has 0 bridgehead atoms. The molecular formula is C12H19N3. The van der Waals surface area contributed by atoms with Crippen LogP contribution >= 0.6 is 0 Å². The highest BCUT2D eigenvalue weighted by Gasteiger charge is 2.21. The molecule has 0 unspecified atom stereocenters. The highest BCUT2D eigenvalue weighted by Crippen LogP contribution is 2.28. The van der Waals surface area contributed by atoms with Crippen LogP contribution in [0.15, 0.2) is 6.33 Å². The predicted molar refractivity (Wildman–Crippen MR) is 62.2 cm³/mol. The molecule has 0 fully saturated rings. The number of hydrogen-bond donors (Lipinski definition) is 0. The lowest BCUT2D eigenvalue weighted by Gasteiger charge is -2.27. The summed E-state index contributed by atoms with van der Waals surface area (Å²) in [6.45, 7) is 7.63. The maximum absolute atomic E-state index is 4.46. The van der Waals surface area contributed by atoms with Gasteiger partial charge in [0.25, 0.3) is 0 Å². The number of hydrogen-bond acceptors (Lipinski definition) is 3. The van der Waals surface area contributed by atoms with Gasteiger partial charge in [0.1, 0.15) is 12.1 Å². The Hall–Kier alpha value is -1.12. The van der Waals surface area contributed by atoms with E-state index in [4.69, 9.17) is 0 Å². The minimum atomic E-state index is 0.509. The van der Waals surface area contributed by atoms with E-state index in [1.54, 1.807) is 6.33 Å². The molecule has 1 aliphatic carbocycles. The molecule has 1 aromatic rings. The molecule has 0 atom stereocenters. The van der Waals surface area contributed by atoms with E-state index in [0.717, 1.165) is 25.2 Å². The summed E-state index contributed by atoms with van der Waals surface area (Å²) in [6.07, 6.45) is 5.22. The third kappa shape index (κ3) is 1.83. The SMILES string of the molecule is CCN(c1ncnc2c1CCC2)C(C)C. The van der Waals surface area contributed by atoms with Gasteiger partial charge >= 0.3 is 0 Å². The van der Waals surface area contributed by atoms with Gasteiger partial charge in [-0.15, -0.1) is 0 Å². The maximum atomic E-state index is 4.46. The van der Waals surface area contributed by atoms with E-state index in [-0.39, 0.29) is 0 Å². The first-order valence-corrected chi connectivity index (χ1v) is 5.83. The molecule has 0 amide bonds. The van der Waals surface area contributed by atoms with E-state index >= 15 is 0 Å². The zero-order chi connectivity index (χ0) is 10.8. The number of aromatic nitrogens is 2. The molecule has 0 aromatic carbocycles. The summed E-state index contributed by atoms with van der Waals surface area (Å²) in [6, 6.07) is 0.509. The number of nitrogens with zero attached hydrogens (tertiary/aromatic N) is 3. The van der Waals surface area contributed by atoms with Crippen LogP contribution in [0.4, 0.5) is 5.82 Å². The second kappa shape index (κ2) is 4.17. The molecule has 3 heteroatoms. The Balaban J connectivity index is 2.39. The summed E-state index contributed by atoms with van der Waals surface area (Å²) in [5, 5.41) is 0. The molecule has 82 valence electrons. The summed E-state index contributed by atoms with van der Waals surface area (Å²) in [7, 11) is 0. The van der Waals surface area contributed by atoms with Crippen LogP contribution in [0.3, 0.4) is 0 Å². The van der Waals surface area contributed by atoms with Gasteiger partial charge in [-0.2, -0.15) is 0 Å². The van der Waals surface area contributed by atoms with E-state index < -0.39 is 0 Å². The lowest BCUT2D eigenvalue weighted by molar-refractivity contribution is 0.687. The molecule has 1 aliphatic rings. The Labute approximate surface area is 91.5 Å². The van der Waals surface area contributed by atoms with Crippen LogP contribution in [-0.2, 0) is 12.8 Å². The Morgan fingerprint density at radius 3 is 2.80 bits per heavy atom. The first kappa shape index (κ1) is 10.4. The van der Waals surface area contributed by atoms with Crippen molar-refractivity contribution in [2.75, 3.05) is 11.4 Å². The van der Waals surface area contributed by atoms with Gasteiger partial charge in [0.05, 0.1) is 0 Å². The Bertz CT molecular complexity index is 347. The Morgan fingerprint density at radius 1 is 1.33 bits per heavy atom. The van der Waals surface area contributed by atoms with E-state index in [1.165, 1.54) is 17.7 Å². The first-order chi connectivity index (χ1) is 7.24. The smallest absolute Gasteiger partial charge is 0.135 e. The fourth-order valence-corrected chi connectivity index (χ4v) is 2.35. The number of anilines is 1. The molecule has 0 spiro atoms. The van der Waals surface area contributed by atoms with Crippen molar-refractivity contribution in [3.8, 4) is 0 Å². The number of rotatable bonds is 3. The van der Waals surface area contributed by atoms with Crippen LogP contribution in [0.2, 0.25) is 0 Å². The van der Waals surface area contributed by atoms with E-state index in [9.17, 15) is 0 Å². The van der Waals surface area contributed by atoms with Crippen molar-refractivity contribution in [3.63, 3.8) is 0 Å². The molecule has 0 saturated heterocycles. The maximum Gasteiger partial charge on any atom is 0.135 e. The van der Waals surface area contributed by atoms with Crippen molar-refractivity contribution in [2.45, 2.75) is 46.1 Å². The quantitative estimate of drug-likeness (QED) is 0.757. The molecule has 0 N–H and O–H groups in total. The van der Waals surface area contributed by atoms with Gasteiger partial charge in [0, 0.05) is 23.8 Å². The van der Waals surface area contributed by atoms with Crippen LogP contribution in [0.25, 0.3) is 0 Å². The minimum absolute atomic E-state index is 0.509. The minimum Gasteiger partial charge on any atom is -0.354 e. The fourth-order valence-electron chi connectivity index (χ4n) is 2.35. The van der Waals surface area contributed by atoms with Gasteiger partial charge < -0.3 is 4.90 Å². The highest BCUT2D eigenvalue weighted by molar-refractivity contribution is 5.50. The van der Waals surface area contributed by atoms with Gasteiger partial charge in [0.15, 0.2) is 0 Å². The average Bonchev–Trinajstić information content (AvgIpc) is 2.66. The van der Waals surface area contributed by atoms with Crippen molar-refractivity contribution in [1.29, 1.82) is 0 Å². The van der Waals surface area contributed by atoms with Gasteiger partial charge in [-0.1, -0.05) is 0 Å². The van der Waals surface area contributed by atoms with Crippen LogP contribution in [0.5, 0.6) is 0 Å². The van der Waals surface area contributed by atoms with E-state index in [1.807, 2.05) is 0 Å². The summed E-state index contributed by atoms with van der Waals surface area (Å²) in [4.78, 5) is 11.2. The molecular weight excluding hydrogens is 186 g/mol. The zero-order valence-corrected chi connectivity index (χ0v) is 9.82. The second-order valence-corrected chi connectivity index (χ2v) is 4.36. The summed E-state index contributed by atoms with van der Waals surface area (Å²) < 4.78 is 0. The monoisotopic (exact) mass is 205 g/mol. The number of fused-ring (bicyclic) bond motifs is 1. The molecule has 0 aliphatic heterocycles. The van der Waals surface area contributed by atoms with Gasteiger partial charge in [0.2, 0.25) is 0 Å². The molecule has 0 saturated carbocycles. The highest BCUT2D eigenvalue weighted by atomic mass is 15.2. The van der Waals surface area contributed by atoms with Crippen molar-refractivity contribution in [1.82, 2.24) is 9.97 Å². The standard InChI is InChI=1S/C12H19N3/c1-4-15(9(2)3)12-10-6-5-7-11(10)13-8-14-12/h8-9H,4-7H2,1-3H3. The predicted octanol–water partition coefficient (Wildman–Crippen LogP) is 2.20. The zero-order valence-electron chi connectivity index (χ0n) is 9.82. The molecule has 15 heavy (non-hydrogen) atoms. The van der Waals surface area contributed by atoms with Gasteiger partial charge in [-0.05, 0) is 40.0 Å². The molecule has 1 aromatic heterocycles. The van der Waals surface area contributed by atoms with Crippen LogP contribution in [-0.4, -0.2) is 22.6 Å². The second-order valence-electron chi connectivity index (χ2n) is 4.36. The van der Waals surface area contributed by atoms with Crippen molar-refractivity contribution in [3.05, 3.63) is 17.6 Å². The first-order valence-electron chi connectivity index (χ1n) is 5.83. The van der Waals surface area contributed by atoms with Crippen LogP contribution in [0.1, 0.15) is 38.4 Å². The fraction of sp³-hybridized carbons (Fsp3) is 0.667. The largest absolute Gasteiger partial charge is 0.354 e. The topological polar surface area (TPSA) is 29.0 Å². The molecule has 1 heterocycles. The summed E-state index contributed by atoms with van der Waals surface area (Å²) in [5.41, 5.74) is 2.65. The number of aryl methyl sites for hydroxylation is 1. The van der Waals surface area contributed by atoms with Crippen LogP contribution in [0, 0.1) is 0 Å². The normalized spacial score (nSPS) is 14.4. The van der Waals surface area contributed by atoms with E-state index in [0.29, 0.717) is 6.04 Å². The molecule has 0 radical (unpaired) electrons. The Kier molecular flexibility index (Phi) is 2.89. The third-order valence-corrected chi connectivity index (χ3v) is 3.09. The third-order valence-electron chi connectivity index (χ3n) is 3.09. The van der Waals surface area contributed by atoms with Gasteiger partial charge in [-0.3, -0.25) is 0 Å². The molecule has 3 nitrogen and oxygen atoms in total. The van der Waals surface area contributed by atoms with Crippen molar-refractivity contribution < 1.29 is 0 Å².